The Labute approximate surface area is 230 Å². The fourth-order valence-corrected chi connectivity index (χ4v) is 6.94. The van der Waals surface area contributed by atoms with Gasteiger partial charge in [-0.15, -0.1) is 11.3 Å². The molecule has 0 saturated heterocycles. The Morgan fingerprint density at radius 1 is 1.16 bits per heavy atom. The number of aryl methyl sites for hydroxylation is 1. The number of fused-ring (bicyclic) bond motifs is 1. The number of methoxy groups -OCH3 is 1. The molecule has 0 radical (unpaired) electrons. The molecule has 1 amide bonds. The number of carbonyl (C=O) groups excluding carboxylic acids is 1. The Morgan fingerprint density at radius 2 is 1.89 bits per heavy atom. The number of rotatable bonds is 7. The molecule has 1 saturated carbocycles. The zero-order valence-corrected chi connectivity index (χ0v) is 23.2. The van der Waals surface area contributed by atoms with Crippen LogP contribution in [0.3, 0.4) is 0 Å². The molecule has 2 aromatic carbocycles. The van der Waals surface area contributed by atoms with Crippen LogP contribution in [0.4, 0.5) is 4.39 Å². The minimum absolute atomic E-state index is 0.0211. The van der Waals surface area contributed by atoms with Crippen LogP contribution in [0.15, 0.2) is 49.1 Å². The monoisotopic (exact) mass is 552 g/mol. The average Bonchev–Trinajstić information content (AvgIpc) is 3.32. The van der Waals surface area contributed by atoms with E-state index < -0.39 is 0 Å². The van der Waals surface area contributed by atoms with Gasteiger partial charge in [0.05, 0.1) is 16.8 Å². The highest BCUT2D eigenvalue weighted by molar-refractivity contribution is 7.21. The van der Waals surface area contributed by atoms with E-state index >= 15 is 0 Å². The summed E-state index contributed by atoms with van der Waals surface area (Å²) in [7, 11) is 3.61. The van der Waals surface area contributed by atoms with Gasteiger partial charge in [-0.05, 0) is 69.0 Å². The van der Waals surface area contributed by atoms with Crippen LogP contribution in [-0.4, -0.2) is 47.0 Å². The third kappa shape index (κ3) is 5.13. The van der Waals surface area contributed by atoms with Crippen molar-refractivity contribution in [2.24, 2.45) is 0 Å². The smallest absolute Gasteiger partial charge is 0.266 e. The number of ether oxygens (including phenoxy) is 1. The minimum atomic E-state index is -0.364. The first-order chi connectivity index (χ1) is 18.4. The molecule has 1 fully saturated rings. The summed E-state index contributed by atoms with van der Waals surface area (Å²) in [5.41, 5.74) is 3.53. The summed E-state index contributed by atoms with van der Waals surface area (Å²) in [6, 6.07) is 9.47. The first-order valence-corrected chi connectivity index (χ1v) is 13.9. The number of thiophene rings is 1. The van der Waals surface area contributed by atoms with Gasteiger partial charge in [0.15, 0.2) is 0 Å². The van der Waals surface area contributed by atoms with Crippen LogP contribution in [0.5, 0.6) is 5.75 Å². The summed E-state index contributed by atoms with van der Waals surface area (Å²) in [5, 5.41) is 4.30. The molecule has 0 spiro atoms. The maximum Gasteiger partial charge on any atom is 0.266 e. The largest absolute Gasteiger partial charge is 0.496 e. The fraction of sp³-hybridized carbons (Fsp3) is 0.345. The topological polar surface area (TPSA) is 67.3 Å². The number of hydrogen-bond acceptors (Lipinski definition) is 6. The zero-order valence-electron chi connectivity index (χ0n) is 21.6. The Balaban J connectivity index is 1.56. The minimum Gasteiger partial charge on any atom is -0.496 e. The van der Waals surface area contributed by atoms with Crippen molar-refractivity contribution in [3.63, 3.8) is 0 Å². The molecule has 0 unspecified atom stereocenters. The Hall–Kier alpha value is -3.07. The lowest BCUT2D eigenvalue weighted by Crippen LogP contribution is -2.44. The van der Waals surface area contributed by atoms with Crippen molar-refractivity contribution in [3.8, 4) is 16.9 Å². The van der Waals surface area contributed by atoms with Gasteiger partial charge in [0, 0.05) is 47.5 Å². The van der Waals surface area contributed by atoms with Gasteiger partial charge in [-0.2, -0.15) is 0 Å². The van der Waals surface area contributed by atoms with Crippen LogP contribution < -0.4 is 10.1 Å². The maximum atomic E-state index is 14.7. The van der Waals surface area contributed by atoms with Crippen molar-refractivity contribution in [1.29, 1.82) is 0 Å². The van der Waals surface area contributed by atoms with E-state index in [0.717, 1.165) is 59.3 Å². The second kappa shape index (κ2) is 11.4. The van der Waals surface area contributed by atoms with Gasteiger partial charge in [-0.25, -0.2) is 14.4 Å². The zero-order chi connectivity index (χ0) is 26.8. The van der Waals surface area contributed by atoms with Crippen molar-refractivity contribution >= 4 is 38.9 Å². The number of amides is 1. The Kier molecular flexibility index (Phi) is 7.93. The molecule has 0 aliphatic heterocycles. The van der Waals surface area contributed by atoms with Crippen molar-refractivity contribution in [2.45, 2.75) is 51.2 Å². The second-order valence-corrected chi connectivity index (χ2v) is 11.1. The highest BCUT2D eigenvalue weighted by Crippen LogP contribution is 2.41. The van der Waals surface area contributed by atoms with Crippen LogP contribution in [0.1, 0.15) is 46.5 Å². The van der Waals surface area contributed by atoms with Gasteiger partial charge in [0.25, 0.3) is 5.91 Å². The van der Waals surface area contributed by atoms with E-state index in [-0.39, 0.29) is 17.8 Å². The van der Waals surface area contributed by atoms with Crippen molar-refractivity contribution < 1.29 is 13.9 Å². The summed E-state index contributed by atoms with van der Waals surface area (Å²) < 4.78 is 20.8. The summed E-state index contributed by atoms with van der Waals surface area (Å²) in [4.78, 5) is 24.8. The van der Waals surface area contributed by atoms with Gasteiger partial charge in [-0.1, -0.05) is 23.7 Å². The molecule has 2 heterocycles. The molecule has 38 heavy (non-hydrogen) atoms. The second-order valence-electron chi connectivity index (χ2n) is 9.69. The summed E-state index contributed by atoms with van der Waals surface area (Å²) in [6.07, 6.45) is 8.68. The molecule has 2 aromatic heterocycles. The van der Waals surface area contributed by atoms with Crippen molar-refractivity contribution in [2.75, 3.05) is 14.2 Å². The van der Waals surface area contributed by atoms with E-state index in [9.17, 15) is 9.18 Å². The summed E-state index contributed by atoms with van der Waals surface area (Å²) in [6.45, 7) is 2.22. The molecule has 5 rings (SSSR count). The van der Waals surface area contributed by atoms with E-state index in [1.807, 2.05) is 37.1 Å². The molecule has 198 valence electrons. The van der Waals surface area contributed by atoms with E-state index in [1.54, 1.807) is 25.6 Å². The number of carbonyl (C=O) groups is 1. The number of benzene rings is 2. The van der Waals surface area contributed by atoms with Gasteiger partial charge in [0.1, 0.15) is 22.8 Å². The standard InChI is InChI=1S/C29H30ClFN4O2S/c1-17-4-10-23(31)27-25(17)26(30)28(38-27)29(36)35(22-8-6-21(32-2)7-9-22)15-19-12-18(5-11-24(19)37-3)20-13-33-16-34-14-20/h4-5,10-14,16,21-22,32H,6-9,15H2,1-3H3/t21-,22-. The molecule has 4 aromatic rings. The SMILES string of the molecule is CN[C@H]1CC[C@H](N(Cc2cc(-c3cncnc3)ccc2OC)C(=O)c2sc3c(F)ccc(C)c3c2Cl)CC1. The van der Waals surface area contributed by atoms with E-state index in [4.69, 9.17) is 16.3 Å². The molecule has 1 aliphatic carbocycles. The number of halogens is 2. The van der Waals surface area contributed by atoms with Gasteiger partial charge < -0.3 is 15.0 Å². The third-order valence-corrected chi connectivity index (χ3v) is 9.13. The molecular weight excluding hydrogens is 523 g/mol. The predicted molar refractivity (Wildman–Crippen MR) is 151 cm³/mol. The Morgan fingerprint density at radius 3 is 2.55 bits per heavy atom. The molecule has 1 aliphatic rings. The molecule has 1 N–H and O–H groups in total. The van der Waals surface area contributed by atoms with E-state index in [0.29, 0.717) is 38.3 Å². The number of hydrogen-bond donors (Lipinski definition) is 1. The van der Waals surface area contributed by atoms with Crippen LogP contribution in [0, 0.1) is 12.7 Å². The van der Waals surface area contributed by atoms with Crippen molar-refractivity contribution in [3.05, 3.63) is 75.9 Å². The number of aromatic nitrogens is 2. The molecule has 9 heteroatoms. The van der Waals surface area contributed by atoms with Crippen LogP contribution >= 0.6 is 22.9 Å². The quantitative estimate of drug-likeness (QED) is 0.278. The van der Waals surface area contributed by atoms with Crippen LogP contribution in [0.25, 0.3) is 21.2 Å². The molecule has 6 nitrogen and oxygen atoms in total. The fourth-order valence-electron chi connectivity index (χ4n) is 5.31. The molecular formula is C29H30ClFN4O2S. The van der Waals surface area contributed by atoms with E-state index in [2.05, 4.69) is 15.3 Å². The lowest BCUT2D eigenvalue weighted by atomic mass is 9.89. The van der Waals surface area contributed by atoms with E-state index in [1.165, 1.54) is 12.4 Å². The molecule has 0 bridgehead atoms. The third-order valence-electron chi connectivity index (χ3n) is 7.46. The Bertz CT molecular complexity index is 1450. The lowest BCUT2D eigenvalue weighted by Gasteiger charge is -2.37. The number of nitrogens with zero attached hydrogens (tertiary/aromatic N) is 3. The van der Waals surface area contributed by atoms with Crippen LogP contribution in [-0.2, 0) is 6.54 Å². The average molecular weight is 553 g/mol. The van der Waals surface area contributed by atoms with Crippen molar-refractivity contribution in [1.82, 2.24) is 20.2 Å². The van der Waals surface area contributed by atoms with Crippen LogP contribution in [0.2, 0.25) is 5.02 Å². The predicted octanol–water partition coefficient (Wildman–Crippen LogP) is 6.64. The molecule has 0 atom stereocenters. The lowest BCUT2D eigenvalue weighted by molar-refractivity contribution is 0.0604. The number of nitrogens with one attached hydrogen (secondary N) is 1. The summed E-state index contributed by atoms with van der Waals surface area (Å²) >= 11 is 7.90. The summed E-state index contributed by atoms with van der Waals surface area (Å²) in [5.74, 6) is 0.145. The van der Waals surface area contributed by atoms with Gasteiger partial charge in [-0.3, -0.25) is 4.79 Å². The maximum absolute atomic E-state index is 14.7. The highest BCUT2D eigenvalue weighted by atomic mass is 35.5. The normalized spacial score (nSPS) is 17.5. The highest BCUT2D eigenvalue weighted by Gasteiger charge is 2.32. The first kappa shape index (κ1) is 26.5. The van der Waals surface area contributed by atoms with Gasteiger partial charge in [0.2, 0.25) is 0 Å². The van der Waals surface area contributed by atoms with Gasteiger partial charge >= 0.3 is 0 Å². The first-order valence-electron chi connectivity index (χ1n) is 12.7.